The third-order valence-electron chi connectivity index (χ3n) is 2.94. The minimum atomic E-state index is -0.168. The summed E-state index contributed by atoms with van der Waals surface area (Å²) in [5.41, 5.74) is 2.52. The van der Waals surface area contributed by atoms with Crippen molar-refractivity contribution in [1.29, 1.82) is 0 Å². The van der Waals surface area contributed by atoms with E-state index >= 15 is 0 Å². The zero-order chi connectivity index (χ0) is 13.7. The molecule has 0 atom stereocenters. The van der Waals surface area contributed by atoms with Crippen molar-refractivity contribution in [2.24, 2.45) is 0 Å². The van der Waals surface area contributed by atoms with Crippen molar-refractivity contribution < 1.29 is 4.39 Å². The molecule has 2 rings (SSSR count). The lowest BCUT2D eigenvalue weighted by Crippen LogP contribution is -2.13. The zero-order valence-electron chi connectivity index (χ0n) is 10.9. The second kappa shape index (κ2) is 6.83. The molecule has 0 saturated heterocycles. The van der Waals surface area contributed by atoms with Gasteiger partial charge in [0.15, 0.2) is 0 Å². The first-order valence-electron chi connectivity index (χ1n) is 6.46. The van der Waals surface area contributed by atoms with E-state index in [0.29, 0.717) is 12.1 Å². The Kier molecular flexibility index (Phi) is 5.11. The Labute approximate surface area is 122 Å². The van der Waals surface area contributed by atoms with Crippen molar-refractivity contribution in [3.8, 4) is 11.1 Å². The average molecular weight is 322 g/mol. The van der Waals surface area contributed by atoms with Gasteiger partial charge in [0, 0.05) is 16.6 Å². The molecule has 0 saturated carbocycles. The van der Waals surface area contributed by atoms with Crippen molar-refractivity contribution >= 4 is 15.9 Å². The van der Waals surface area contributed by atoms with E-state index in [1.807, 2.05) is 36.4 Å². The summed E-state index contributed by atoms with van der Waals surface area (Å²) in [6, 6.07) is 13.1. The van der Waals surface area contributed by atoms with E-state index in [1.165, 1.54) is 0 Å². The maximum absolute atomic E-state index is 14.1. The standard InChI is InChI=1S/C16H17BrFN/c1-2-9-19-11-12-3-8-15(16(18)10-12)13-4-6-14(17)7-5-13/h3-8,10,19H,2,9,11H2,1H3. The molecule has 0 fully saturated rings. The third-order valence-corrected chi connectivity index (χ3v) is 3.47. The van der Waals surface area contributed by atoms with Crippen molar-refractivity contribution in [3.63, 3.8) is 0 Å². The fourth-order valence-corrected chi connectivity index (χ4v) is 2.21. The molecule has 0 aliphatic heterocycles. The number of halogens is 2. The second-order valence-corrected chi connectivity index (χ2v) is 5.41. The first-order valence-corrected chi connectivity index (χ1v) is 7.25. The average Bonchev–Trinajstić information content (AvgIpc) is 2.41. The lowest BCUT2D eigenvalue weighted by atomic mass is 10.0. The molecule has 0 aliphatic rings. The summed E-state index contributed by atoms with van der Waals surface area (Å²) >= 11 is 3.38. The molecule has 1 nitrogen and oxygen atoms in total. The van der Waals surface area contributed by atoms with Crippen LogP contribution in [0, 0.1) is 5.82 Å². The number of benzene rings is 2. The fraction of sp³-hybridized carbons (Fsp3) is 0.250. The third kappa shape index (κ3) is 3.88. The molecule has 3 heteroatoms. The summed E-state index contributed by atoms with van der Waals surface area (Å²) in [6.45, 7) is 3.78. The molecule has 2 aromatic rings. The highest BCUT2D eigenvalue weighted by atomic mass is 79.9. The fourth-order valence-electron chi connectivity index (χ4n) is 1.94. The van der Waals surface area contributed by atoms with Crippen molar-refractivity contribution in [2.75, 3.05) is 6.54 Å². The summed E-state index contributed by atoms with van der Waals surface area (Å²) < 4.78 is 15.1. The van der Waals surface area contributed by atoms with Crippen LogP contribution in [0.5, 0.6) is 0 Å². The number of hydrogen-bond donors (Lipinski definition) is 1. The summed E-state index contributed by atoms with van der Waals surface area (Å²) in [6.07, 6.45) is 1.08. The molecule has 0 amide bonds. The Bertz CT molecular complexity index is 537. The summed E-state index contributed by atoms with van der Waals surface area (Å²) in [5, 5.41) is 3.27. The Hall–Kier alpha value is -1.19. The van der Waals surface area contributed by atoms with Crippen LogP contribution in [0.3, 0.4) is 0 Å². The molecule has 0 aromatic heterocycles. The van der Waals surface area contributed by atoms with Gasteiger partial charge in [0.25, 0.3) is 0 Å². The van der Waals surface area contributed by atoms with Crippen LogP contribution in [-0.2, 0) is 6.54 Å². The highest BCUT2D eigenvalue weighted by molar-refractivity contribution is 9.10. The molecule has 1 N–H and O–H groups in total. The van der Waals surface area contributed by atoms with Gasteiger partial charge in [0.05, 0.1) is 0 Å². The van der Waals surface area contributed by atoms with Gasteiger partial charge in [-0.25, -0.2) is 4.39 Å². The maximum Gasteiger partial charge on any atom is 0.131 e. The SMILES string of the molecule is CCCNCc1ccc(-c2ccc(Br)cc2)c(F)c1. The highest BCUT2D eigenvalue weighted by Gasteiger charge is 2.06. The molecule has 0 bridgehead atoms. The summed E-state index contributed by atoms with van der Waals surface area (Å²) in [7, 11) is 0. The summed E-state index contributed by atoms with van der Waals surface area (Å²) in [5.74, 6) is -0.168. The highest BCUT2D eigenvalue weighted by Crippen LogP contribution is 2.25. The van der Waals surface area contributed by atoms with Gasteiger partial charge in [0.2, 0.25) is 0 Å². The van der Waals surface area contributed by atoms with Crippen LogP contribution < -0.4 is 5.32 Å². The second-order valence-electron chi connectivity index (χ2n) is 4.50. The first-order chi connectivity index (χ1) is 9.20. The Morgan fingerprint density at radius 3 is 2.47 bits per heavy atom. The zero-order valence-corrected chi connectivity index (χ0v) is 12.5. The molecule has 19 heavy (non-hydrogen) atoms. The van der Waals surface area contributed by atoms with Crippen LogP contribution in [0.2, 0.25) is 0 Å². The smallest absolute Gasteiger partial charge is 0.131 e. The van der Waals surface area contributed by atoms with Gasteiger partial charge >= 0.3 is 0 Å². The minimum absolute atomic E-state index is 0.168. The quantitative estimate of drug-likeness (QED) is 0.783. The molecule has 0 unspecified atom stereocenters. The molecular weight excluding hydrogens is 305 g/mol. The van der Waals surface area contributed by atoms with Crippen LogP contribution >= 0.6 is 15.9 Å². The van der Waals surface area contributed by atoms with Gasteiger partial charge in [0.1, 0.15) is 5.82 Å². The molecular formula is C16H17BrFN. The van der Waals surface area contributed by atoms with Gasteiger partial charge in [-0.3, -0.25) is 0 Å². The first kappa shape index (κ1) is 14.2. The van der Waals surface area contributed by atoms with E-state index in [9.17, 15) is 4.39 Å². The van der Waals surface area contributed by atoms with E-state index in [4.69, 9.17) is 0 Å². The predicted octanol–water partition coefficient (Wildman–Crippen LogP) is 4.75. The van der Waals surface area contributed by atoms with Crippen molar-refractivity contribution in [2.45, 2.75) is 19.9 Å². The van der Waals surface area contributed by atoms with Gasteiger partial charge in [-0.1, -0.05) is 47.1 Å². The number of nitrogens with one attached hydrogen (secondary N) is 1. The Morgan fingerprint density at radius 1 is 1.11 bits per heavy atom. The topological polar surface area (TPSA) is 12.0 Å². The van der Waals surface area contributed by atoms with Crippen LogP contribution in [0.15, 0.2) is 46.9 Å². The molecule has 2 aromatic carbocycles. The van der Waals surface area contributed by atoms with Crippen molar-refractivity contribution in [3.05, 3.63) is 58.3 Å². The molecule has 100 valence electrons. The van der Waals surface area contributed by atoms with Crippen LogP contribution in [0.25, 0.3) is 11.1 Å². The molecule has 0 aliphatic carbocycles. The van der Waals surface area contributed by atoms with Crippen LogP contribution in [-0.4, -0.2) is 6.54 Å². The minimum Gasteiger partial charge on any atom is -0.313 e. The normalized spacial score (nSPS) is 10.7. The number of rotatable bonds is 5. The van der Waals surface area contributed by atoms with E-state index in [2.05, 4.69) is 28.2 Å². The van der Waals surface area contributed by atoms with Crippen LogP contribution in [0.4, 0.5) is 4.39 Å². The van der Waals surface area contributed by atoms with E-state index in [1.54, 1.807) is 6.07 Å². The van der Waals surface area contributed by atoms with Crippen LogP contribution in [0.1, 0.15) is 18.9 Å². The molecule has 0 heterocycles. The van der Waals surface area contributed by atoms with Gasteiger partial charge in [-0.05, 0) is 42.3 Å². The Morgan fingerprint density at radius 2 is 1.84 bits per heavy atom. The lowest BCUT2D eigenvalue weighted by molar-refractivity contribution is 0.622. The summed E-state index contributed by atoms with van der Waals surface area (Å²) in [4.78, 5) is 0. The largest absolute Gasteiger partial charge is 0.313 e. The molecule has 0 spiro atoms. The maximum atomic E-state index is 14.1. The Balaban J connectivity index is 2.17. The van der Waals surface area contributed by atoms with E-state index in [-0.39, 0.29) is 5.82 Å². The van der Waals surface area contributed by atoms with Crippen molar-refractivity contribution in [1.82, 2.24) is 5.32 Å². The molecule has 0 radical (unpaired) electrons. The van der Waals surface area contributed by atoms with Gasteiger partial charge in [-0.2, -0.15) is 0 Å². The number of hydrogen-bond acceptors (Lipinski definition) is 1. The van der Waals surface area contributed by atoms with Gasteiger partial charge < -0.3 is 5.32 Å². The van der Waals surface area contributed by atoms with E-state index < -0.39 is 0 Å². The monoisotopic (exact) mass is 321 g/mol. The lowest BCUT2D eigenvalue weighted by Gasteiger charge is -2.07. The predicted molar refractivity (Wildman–Crippen MR) is 81.5 cm³/mol. The van der Waals surface area contributed by atoms with Gasteiger partial charge in [-0.15, -0.1) is 0 Å². The van der Waals surface area contributed by atoms with E-state index in [0.717, 1.165) is 28.6 Å².